The molecule has 2 aliphatic carbocycles. The summed E-state index contributed by atoms with van der Waals surface area (Å²) in [5.41, 5.74) is 6.29. The fourth-order valence-electron chi connectivity index (χ4n) is 1.54. The van der Waals surface area contributed by atoms with Crippen LogP contribution in [0, 0.1) is 11.3 Å². The smallest absolute Gasteiger partial charge is 0.00433 e. The summed E-state index contributed by atoms with van der Waals surface area (Å²) in [5, 5.41) is 0. The third kappa shape index (κ3) is 0.367. The van der Waals surface area contributed by atoms with Crippen LogP contribution < -0.4 is 5.73 Å². The molecular formula is C6H11N. The summed E-state index contributed by atoms with van der Waals surface area (Å²) in [5.74, 6) is 0.937. The van der Waals surface area contributed by atoms with Gasteiger partial charge in [0.15, 0.2) is 0 Å². The Balaban J connectivity index is 1.97. The van der Waals surface area contributed by atoms with E-state index >= 15 is 0 Å². The molecule has 2 N–H and O–H groups in total. The maximum absolute atomic E-state index is 5.45. The van der Waals surface area contributed by atoms with Gasteiger partial charge in [-0.1, -0.05) is 0 Å². The molecule has 0 aromatic heterocycles. The Morgan fingerprint density at radius 3 is 2.43 bits per heavy atom. The standard InChI is InChI=1S/C6H11N/c7-4-5-3-6(5)1-2-6/h5H,1-4,7H2. The summed E-state index contributed by atoms with van der Waals surface area (Å²) in [4.78, 5) is 0. The Hall–Kier alpha value is -0.0400. The molecule has 2 rings (SSSR count). The van der Waals surface area contributed by atoms with E-state index < -0.39 is 0 Å². The first-order valence-corrected chi connectivity index (χ1v) is 3.07. The van der Waals surface area contributed by atoms with Gasteiger partial charge in [0.05, 0.1) is 0 Å². The van der Waals surface area contributed by atoms with Crippen LogP contribution in [0.3, 0.4) is 0 Å². The summed E-state index contributed by atoms with van der Waals surface area (Å²) in [6.45, 7) is 0.944. The van der Waals surface area contributed by atoms with E-state index in [2.05, 4.69) is 0 Å². The van der Waals surface area contributed by atoms with Crippen molar-refractivity contribution >= 4 is 0 Å². The third-order valence-corrected chi connectivity index (χ3v) is 2.54. The normalized spacial score (nSPS) is 41.6. The molecule has 1 unspecified atom stereocenters. The fourth-order valence-corrected chi connectivity index (χ4v) is 1.54. The van der Waals surface area contributed by atoms with Crippen LogP contribution in [0.25, 0.3) is 0 Å². The van der Waals surface area contributed by atoms with Crippen molar-refractivity contribution in [2.24, 2.45) is 17.1 Å². The van der Waals surface area contributed by atoms with Gasteiger partial charge in [-0.05, 0) is 37.1 Å². The van der Waals surface area contributed by atoms with Gasteiger partial charge in [-0.2, -0.15) is 0 Å². The van der Waals surface area contributed by atoms with Gasteiger partial charge < -0.3 is 5.73 Å². The molecule has 0 radical (unpaired) electrons. The number of rotatable bonds is 1. The first-order valence-electron chi connectivity index (χ1n) is 3.07. The topological polar surface area (TPSA) is 26.0 Å². The lowest BCUT2D eigenvalue weighted by Crippen LogP contribution is -2.01. The summed E-state index contributed by atoms with van der Waals surface area (Å²) < 4.78 is 0. The van der Waals surface area contributed by atoms with E-state index in [0.717, 1.165) is 17.9 Å². The minimum absolute atomic E-state index is 0.842. The highest BCUT2D eigenvalue weighted by atomic mass is 14.7. The molecule has 0 amide bonds. The lowest BCUT2D eigenvalue weighted by Gasteiger charge is -1.82. The predicted octanol–water partition coefficient (Wildman–Crippen LogP) is 0.745. The van der Waals surface area contributed by atoms with Gasteiger partial charge in [0.2, 0.25) is 0 Å². The molecule has 0 aliphatic heterocycles. The monoisotopic (exact) mass is 97.1 g/mol. The molecule has 40 valence electrons. The Kier molecular flexibility index (Phi) is 0.487. The van der Waals surface area contributed by atoms with E-state index in [1.807, 2.05) is 0 Å². The Morgan fingerprint density at radius 1 is 1.57 bits per heavy atom. The SMILES string of the molecule is NCC1CC12CC2. The highest BCUT2D eigenvalue weighted by molar-refractivity contribution is 5.12. The van der Waals surface area contributed by atoms with Crippen molar-refractivity contribution in [2.45, 2.75) is 19.3 Å². The molecule has 1 nitrogen and oxygen atoms in total. The highest BCUT2D eigenvalue weighted by Gasteiger charge is 2.61. The van der Waals surface area contributed by atoms with Crippen molar-refractivity contribution in [3.8, 4) is 0 Å². The van der Waals surface area contributed by atoms with Crippen molar-refractivity contribution in [3.05, 3.63) is 0 Å². The lowest BCUT2D eigenvalue weighted by atomic mass is 10.3. The molecule has 7 heavy (non-hydrogen) atoms. The minimum Gasteiger partial charge on any atom is -0.330 e. The van der Waals surface area contributed by atoms with E-state index in [1.165, 1.54) is 19.3 Å². The second-order valence-corrected chi connectivity index (χ2v) is 3.00. The third-order valence-electron chi connectivity index (χ3n) is 2.54. The average Bonchev–Trinajstić information content (AvgIpc) is 2.52. The number of hydrogen-bond donors (Lipinski definition) is 1. The van der Waals surface area contributed by atoms with E-state index in [-0.39, 0.29) is 0 Å². The number of nitrogens with two attached hydrogens (primary N) is 1. The van der Waals surface area contributed by atoms with Crippen LogP contribution in [0.2, 0.25) is 0 Å². The molecule has 2 aliphatic rings. The van der Waals surface area contributed by atoms with Gasteiger partial charge in [-0.25, -0.2) is 0 Å². The van der Waals surface area contributed by atoms with Crippen molar-refractivity contribution in [3.63, 3.8) is 0 Å². The van der Waals surface area contributed by atoms with Gasteiger partial charge in [-0.15, -0.1) is 0 Å². The van der Waals surface area contributed by atoms with E-state index in [4.69, 9.17) is 5.73 Å². The molecule has 1 atom stereocenters. The molecule has 2 fully saturated rings. The predicted molar refractivity (Wildman–Crippen MR) is 28.8 cm³/mol. The molecule has 0 aromatic carbocycles. The fraction of sp³-hybridized carbons (Fsp3) is 1.00. The van der Waals surface area contributed by atoms with Crippen molar-refractivity contribution < 1.29 is 0 Å². The zero-order chi connectivity index (χ0) is 4.91. The quantitative estimate of drug-likeness (QED) is 0.513. The van der Waals surface area contributed by atoms with Crippen LogP contribution in [-0.4, -0.2) is 6.54 Å². The van der Waals surface area contributed by atoms with Crippen molar-refractivity contribution in [1.82, 2.24) is 0 Å². The summed E-state index contributed by atoms with van der Waals surface area (Å²) in [6.07, 6.45) is 4.41. The Bertz CT molecular complexity index is 94.4. The van der Waals surface area contributed by atoms with Gasteiger partial charge >= 0.3 is 0 Å². The van der Waals surface area contributed by atoms with Crippen molar-refractivity contribution in [1.29, 1.82) is 0 Å². The molecule has 1 spiro atoms. The van der Waals surface area contributed by atoms with Gasteiger partial charge in [0, 0.05) is 0 Å². The van der Waals surface area contributed by atoms with Crippen LogP contribution in [0.1, 0.15) is 19.3 Å². The molecule has 0 aromatic rings. The Morgan fingerprint density at radius 2 is 2.29 bits per heavy atom. The average molecular weight is 97.2 g/mol. The van der Waals surface area contributed by atoms with E-state index in [0.29, 0.717) is 0 Å². The zero-order valence-corrected chi connectivity index (χ0v) is 4.48. The van der Waals surface area contributed by atoms with Gasteiger partial charge in [-0.3, -0.25) is 0 Å². The summed E-state index contributed by atoms with van der Waals surface area (Å²) in [7, 11) is 0. The van der Waals surface area contributed by atoms with Crippen LogP contribution in [0.15, 0.2) is 0 Å². The first-order chi connectivity index (χ1) is 3.37. The van der Waals surface area contributed by atoms with Gasteiger partial charge in [0.1, 0.15) is 0 Å². The van der Waals surface area contributed by atoms with E-state index in [1.54, 1.807) is 0 Å². The van der Waals surface area contributed by atoms with Crippen LogP contribution in [0.5, 0.6) is 0 Å². The van der Waals surface area contributed by atoms with Crippen LogP contribution in [-0.2, 0) is 0 Å². The second kappa shape index (κ2) is 0.873. The molecule has 0 saturated heterocycles. The lowest BCUT2D eigenvalue weighted by molar-refractivity contribution is 0.716. The molecular weight excluding hydrogens is 86.1 g/mol. The minimum atomic E-state index is 0.842. The molecule has 1 heteroatoms. The van der Waals surface area contributed by atoms with E-state index in [9.17, 15) is 0 Å². The second-order valence-electron chi connectivity index (χ2n) is 3.00. The molecule has 0 heterocycles. The maximum Gasteiger partial charge on any atom is -0.00433 e. The van der Waals surface area contributed by atoms with Crippen molar-refractivity contribution in [2.75, 3.05) is 6.54 Å². The summed E-state index contributed by atoms with van der Waals surface area (Å²) in [6, 6.07) is 0. The zero-order valence-electron chi connectivity index (χ0n) is 4.48. The van der Waals surface area contributed by atoms with Gasteiger partial charge in [0.25, 0.3) is 0 Å². The summed E-state index contributed by atoms with van der Waals surface area (Å²) >= 11 is 0. The largest absolute Gasteiger partial charge is 0.330 e. The van der Waals surface area contributed by atoms with Crippen LogP contribution >= 0.6 is 0 Å². The Labute approximate surface area is 43.9 Å². The molecule has 0 bridgehead atoms. The number of hydrogen-bond acceptors (Lipinski definition) is 1. The maximum atomic E-state index is 5.45. The first kappa shape index (κ1) is 3.90. The van der Waals surface area contributed by atoms with Crippen LogP contribution in [0.4, 0.5) is 0 Å². The molecule has 2 saturated carbocycles. The highest BCUT2D eigenvalue weighted by Crippen LogP contribution is 2.70.